The molecular formula is C13H17Cl2NO. The largest absolute Gasteiger partial charge is 0.378 e. The van der Waals surface area contributed by atoms with Gasteiger partial charge in [0.2, 0.25) is 0 Å². The van der Waals surface area contributed by atoms with Gasteiger partial charge in [-0.25, -0.2) is 0 Å². The van der Waals surface area contributed by atoms with Crippen molar-refractivity contribution in [1.29, 1.82) is 0 Å². The maximum Gasteiger partial charge on any atom is 0.0561 e. The molecule has 2 nitrogen and oxygen atoms in total. The molecule has 0 aromatic heterocycles. The van der Waals surface area contributed by atoms with Crippen molar-refractivity contribution < 1.29 is 4.74 Å². The van der Waals surface area contributed by atoms with E-state index < -0.39 is 0 Å². The van der Waals surface area contributed by atoms with E-state index in [1.54, 1.807) is 6.07 Å². The highest BCUT2D eigenvalue weighted by atomic mass is 35.5. The SMILES string of the molecule is CC1CC(NCc2cc(Cl)cc(Cl)c2)CCO1. The highest BCUT2D eigenvalue weighted by molar-refractivity contribution is 6.34. The van der Waals surface area contributed by atoms with Crippen LogP contribution in [0.4, 0.5) is 0 Å². The summed E-state index contributed by atoms with van der Waals surface area (Å²) in [6.07, 6.45) is 2.48. The van der Waals surface area contributed by atoms with E-state index in [2.05, 4.69) is 12.2 Å². The summed E-state index contributed by atoms with van der Waals surface area (Å²) in [6.45, 7) is 3.76. The molecule has 1 N–H and O–H groups in total. The summed E-state index contributed by atoms with van der Waals surface area (Å²) in [5.41, 5.74) is 1.13. The van der Waals surface area contributed by atoms with Crippen molar-refractivity contribution in [3.8, 4) is 0 Å². The van der Waals surface area contributed by atoms with Gasteiger partial charge in [0, 0.05) is 29.2 Å². The molecule has 1 saturated heterocycles. The highest BCUT2D eigenvalue weighted by Gasteiger charge is 2.18. The van der Waals surface area contributed by atoms with Crippen LogP contribution in [0.1, 0.15) is 25.3 Å². The molecule has 2 atom stereocenters. The Morgan fingerprint density at radius 3 is 2.65 bits per heavy atom. The first-order valence-corrected chi connectivity index (χ1v) is 6.69. The molecule has 1 aromatic carbocycles. The maximum atomic E-state index is 5.96. The highest BCUT2D eigenvalue weighted by Crippen LogP contribution is 2.20. The number of benzene rings is 1. The molecule has 0 bridgehead atoms. The molecule has 4 heteroatoms. The molecule has 0 radical (unpaired) electrons. The van der Waals surface area contributed by atoms with Crippen molar-refractivity contribution in [2.75, 3.05) is 6.61 Å². The standard InChI is InChI=1S/C13H17Cl2NO/c1-9-4-13(2-3-17-9)16-8-10-5-11(14)7-12(15)6-10/h5-7,9,13,16H,2-4,8H2,1H3. The summed E-state index contributed by atoms with van der Waals surface area (Å²) >= 11 is 11.9. The Morgan fingerprint density at radius 2 is 2.00 bits per heavy atom. The van der Waals surface area contributed by atoms with Gasteiger partial charge >= 0.3 is 0 Å². The molecule has 1 aliphatic rings. The van der Waals surface area contributed by atoms with Crippen LogP contribution in [0, 0.1) is 0 Å². The Balaban J connectivity index is 1.88. The normalized spacial score (nSPS) is 24.9. The zero-order chi connectivity index (χ0) is 12.3. The molecule has 0 saturated carbocycles. The van der Waals surface area contributed by atoms with Crippen LogP contribution in [-0.2, 0) is 11.3 Å². The molecule has 0 aliphatic carbocycles. The molecule has 2 rings (SSSR count). The van der Waals surface area contributed by atoms with E-state index in [0.29, 0.717) is 22.2 Å². The first kappa shape index (κ1) is 13.2. The minimum atomic E-state index is 0.351. The first-order valence-electron chi connectivity index (χ1n) is 5.93. The fourth-order valence-electron chi connectivity index (χ4n) is 2.16. The first-order chi connectivity index (χ1) is 8.13. The Morgan fingerprint density at radius 1 is 1.29 bits per heavy atom. The average molecular weight is 274 g/mol. The van der Waals surface area contributed by atoms with Crippen molar-refractivity contribution >= 4 is 23.2 Å². The number of hydrogen-bond donors (Lipinski definition) is 1. The zero-order valence-corrected chi connectivity index (χ0v) is 11.4. The minimum Gasteiger partial charge on any atom is -0.378 e. The fraction of sp³-hybridized carbons (Fsp3) is 0.538. The van der Waals surface area contributed by atoms with E-state index >= 15 is 0 Å². The second kappa shape index (κ2) is 6.05. The van der Waals surface area contributed by atoms with Crippen LogP contribution in [0.3, 0.4) is 0 Å². The maximum absolute atomic E-state index is 5.96. The summed E-state index contributed by atoms with van der Waals surface area (Å²) < 4.78 is 5.52. The van der Waals surface area contributed by atoms with E-state index in [0.717, 1.165) is 31.6 Å². The van der Waals surface area contributed by atoms with E-state index in [9.17, 15) is 0 Å². The lowest BCUT2D eigenvalue weighted by Crippen LogP contribution is -2.37. The number of halogens is 2. The average Bonchev–Trinajstić information content (AvgIpc) is 2.25. The van der Waals surface area contributed by atoms with Crippen LogP contribution in [0.5, 0.6) is 0 Å². The molecule has 1 aromatic rings. The molecular weight excluding hydrogens is 257 g/mol. The van der Waals surface area contributed by atoms with Crippen LogP contribution in [0.25, 0.3) is 0 Å². The van der Waals surface area contributed by atoms with Gasteiger partial charge in [0.05, 0.1) is 6.10 Å². The monoisotopic (exact) mass is 273 g/mol. The van der Waals surface area contributed by atoms with Gasteiger partial charge in [-0.05, 0) is 43.5 Å². The summed E-state index contributed by atoms with van der Waals surface area (Å²) in [5.74, 6) is 0. The van der Waals surface area contributed by atoms with Crippen molar-refractivity contribution in [2.45, 2.75) is 38.5 Å². The van der Waals surface area contributed by atoms with Gasteiger partial charge in [0.25, 0.3) is 0 Å². The quantitative estimate of drug-likeness (QED) is 0.908. The Bertz CT molecular complexity index is 363. The number of hydrogen-bond acceptors (Lipinski definition) is 2. The molecule has 1 aliphatic heterocycles. The molecule has 94 valence electrons. The van der Waals surface area contributed by atoms with E-state index in [1.807, 2.05) is 12.1 Å². The Kier molecular flexibility index (Phi) is 4.69. The van der Waals surface area contributed by atoms with Crippen molar-refractivity contribution in [3.05, 3.63) is 33.8 Å². The van der Waals surface area contributed by atoms with Gasteiger partial charge in [-0.3, -0.25) is 0 Å². The van der Waals surface area contributed by atoms with Crippen LogP contribution in [0.15, 0.2) is 18.2 Å². The predicted molar refractivity (Wildman–Crippen MR) is 71.7 cm³/mol. The van der Waals surface area contributed by atoms with E-state index in [1.165, 1.54) is 0 Å². The van der Waals surface area contributed by atoms with Gasteiger partial charge in [-0.2, -0.15) is 0 Å². The van der Waals surface area contributed by atoms with E-state index in [4.69, 9.17) is 27.9 Å². The van der Waals surface area contributed by atoms with Gasteiger partial charge in [0.1, 0.15) is 0 Å². The Labute approximate surface area is 112 Å². The molecule has 0 amide bonds. The number of nitrogens with one attached hydrogen (secondary N) is 1. The molecule has 2 unspecified atom stereocenters. The smallest absolute Gasteiger partial charge is 0.0561 e. The van der Waals surface area contributed by atoms with E-state index in [-0.39, 0.29) is 0 Å². The van der Waals surface area contributed by atoms with Crippen LogP contribution >= 0.6 is 23.2 Å². The fourth-order valence-corrected chi connectivity index (χ4v) is 2.73. The lowest BCUT2D eigenvalue weighted by atomic mass is 10.0. The number of ether oxygens (including phenoxy) is 1. The molecule has 17 heavy (non-hydrogen) atoms. The Hall–Kier alpha value is -0.280. The third-order valence-corrected chi connectivity index (χ3v) is 3.44. The lowest BCUT2D eigenvalue weighted by Gasteiger charge is -2.28. The topological polar surface area (TPSA) is 21.3 Å². The lowest BCUT2D eigenvalue weighted by molar-refractivity contribution is 0.0130. The summed E-state index contributed by atoms with van der Waals surface area (Å²) in [6, 6.07) is 6.17. The van der Waals surface area contributed by atoms with Crippen molar-refractivity contribution in [3.63, 3.8) is 0 Å². The predicted octanol–water partition coefficient (Wildman–Crippen LogP) is 3.65. The van der Waals surface area contributed by atoms with Crippen LogP contribution < -0.4 is 5.32 Å². The summed E-state index contributed by atoms with van der Waals surface area (Å²) in [4.78, 5) is 0. The zero-order valence-electron chi connectivity index (χ0n) is 9.88. The second-order valence-electron chi connectivity index (χ2n) is 4.56. The summed E-state index contributed by atoms with van der Waals surface area (Å²) in [7, 11) is 0. The molecule has 1 fully saturated rings. The third kappa shape index (κ3) is 4.14. The van der Waals surface area contributed by atoms with Gasteiger partial charge < -0.3 is 10.1 Å². The molecule has 1 heterocycles. The second-order valence-corrected chi connectivity index (χ2v) is 5.43. The van der Waals surface area contributed by atoms with Crippen LogP contribution in [-0.4, -0.2) is 18.8 Å². The van der Waals surface area contributed by atoms with Gasteiger partial charge in [0.15, 0.2) is 0 Å². The third-order valence-electron chi connectivity index (χ3n) is 3.00. The number of rotatable bonds is 3. The van der Waals surface area contributed by atoms with Crippen LogP contribution in [0.2, 0.25) is 10.0 Å². The van der Waals surface area contributed by atoms with Gasteiger partial charge in [-0.15, -0.1) is 0 Å². The van der Waals surface area contributed by atoms with Crippen molar-refractivity contribution in [2.24, 2.45) is 0 Å². The summed E-state index contributed by atoms with van der Waals surface area (Å²) in [5, 5.41) is 4.90. The minimum absolute atomic E-state index is 0.351. The van der Waals surface area contributed by atoms with Crippen molar-refractivity contribution in [1.82, 2.24) is 5.32 Å². The molecule has 0 spiro atoms. The van der Waals surface area contributed by atoms with Gasteiger partial charge in [-0.1, -0.05) is 23.2 Å².